The minimum Gasteiger partial charge on any atom is -0.378 e. The minimum absolute atomic E-state index is 0.233. The Hall–Kier alpha value is -2.86. The van der Waals surface area contributed by atoms with Crippen LogP contribution in [0.2, 0.25) is 5.02 Å². The molecule has 0 saturated carbocycles. The van der Waals surface area contributed by atoms with Crippen molar-refractivity contribution in [3.8, 4) is 0 Å². The number of carbonyl (C=O) groups is 1. The van der Waals surface area contributed by atoms with Crippen molar-refractivity contribution >= 4 is 34.2 Å². The number of fused-ring (bicyclic) bond motifs is 1. The first-order valence-electron chi connectivity index (χ1n) is 7.29. The van der Waals surface area contributed by atoms with Gasteiger partial charge in [0.25, 0.3) is 5.56 Å². The molecule has 0 aliphatic rings. The predicted octanol–water partition coefficient (Wildman–Crippen LogP) is 2.85. The van der Waals surface area contributed by atoms with Gasteiger partial charge in [0, 0.05) is 28.4 Å². The van der Waals surface area contributed by atoms with Gasteiger partial charge in [0.15, 0.2) is 0 Å². The zero-order valence-electron chi connectivity index (χ0n) is 12.8. The van der Waals surface area contributed by atoms with E-state index in [0.29, 0.717) is 27.5 Å². The monoisotopic (exact) mass is 342 g/mol. The fourth-order valence-corrected chi connectivity index (χ4v) is 2.66. The first-order valence-corrected chi connectivity index (χ1v) is 7.67. The zero-order valence-corrected chi connectivity index (χ0v) is 13.6. The number of aromatic nitrogens is 2. The molecular weight excluding hydrogens is 328 g/mol. The number of pyridine rings is 2. The number of hydrogen-bond acceptors (Lipinski definition) is 4. The maximum Gasteiger partial charge on any atom is 0.254 e. The van der Waals surface area contributed by atoms with Crippen LogP contribution in [0.25, 0.3) is 11.0 Å². The number of halogens is 1. The van der Waals surface area contributed by atoms with Crippen LogP contribution in [-0.2, 0) is 0 Å². The highest BCUT2D eigenvalue weighted by atomic mass is 35.5. The van der Waals surface area contributed by atoms with Crippen molar-refractivity contribution in [3.63, 3.8) is 0 Å². The van der Waals surface area contributed by atoms with Crippen LogP contribution in [0.15, 0.2) is 47.4 Å². The van der Waals surface area contributed by atoms with Crippen molar-refractivity contribution in [1.29, 1.82) is 0 Å². The fourth-order valence-electron chi connectivity index (χ4n) is 2.49. The van der Waals surface area contributed by atoms with Gasteiger partial charge in [-0.3, -0.25) is 9.59 Å². The van der Waals surface area contributed by atoms with Crippen molar-refractivity contribution in [2.24, 2.45) is 5.73 Å². The third-order valence-electron chi connectivity index (χ3n) is 3.69. The number of amides is 1. The molecule has 7 heteroatoms. The Morgan fingerprint density at radius 1 is 1.33 bits per heavy atom. The summed E-state index contributed by atoms with van der Waals surface area (Å²) in [5.74, 6) is -0.504. The summed E-state index contributed by atoms with van der Waals surface area (Å²) >= 11 is 5.95. The quantitative estimate of drug-likeness (QED) is 0.678. The highest BCUT2D eigenvalue weighted by Gasteiger charge is 2.12. The Morgan fingerprint density at radius 3 is 2.88 bits per heavy atom. The molecule has 3 rings (SSSR count). The van der Waals surface area contributed by atoms with Crippen LogP contribution in [0.5, 0.6) is 0 Å². The summed E-state index contributed by atoms with van der Waals surface area (Å²) in [5, 5.41) is 4.43. The summed E-state index contributed by atoms with van der Waals surface area (Å²) in [4.78, 5) is 30.4. The summed E-state index contributed by atoms with van der Waals surface area (Å²) in [7, 11) is 0. The molecule has 2 heterocycles. The Bertz CT molecular complexity index is 984. The maximum absolute atomic E-state index is 12.3. The summed E-state index contributed by atoms with van der Waals surface area (Å²) in [6.07, 6.45) is 1.48. The van der Waals surface area contributed by atoms with Crippen LogP contribution < -0.4 is 16.6 Å². The van der Waals surface area contributed by atoms with Crippen molar-refractivity contribution in [2.45, 2.75) is 13.0 Å². The first kappa shape index (κ1) is 16.0. The number of H-pyrrole nitrogens is 1. The van der Waals surface area contributed by atoms with Crippen LogP contribution in [0.1, 0.15) is 28.9 Å². The Kier molecular flexibility index (Phi) is 4.22. The van der Waals surface area contributed by atoms with Crippen molar-refractivity contribution in [2.75, 3.05) is 5.32 Å². The average molecular weight is 343 g/mol. The largest absolute Gasteiger partial charge is 0.378 e. The van der Waals surface area contributed by atoms with Gasteiger partial charge in [-0.2, -0.15) is 0 Å². The highest BCUT2D eigenvalue weighted by Crippen LogP contribution is 2.21. The van der Waals surface area contributed by atoms with E-state index < -0.39 is 5.91 Å². The number of nitrogens with two attached hydrogens (primary N) is 1. The molecule has 1 amide bonds. The van der Waals surface area contributed by atoms with Crippen LogP contribution in [0.3, 0.4) is 0 Å². The Morgan fingerprint density at radius 2 is 2.12 bits per heavy atom. The van der Waals surface area contributed by atoms with Gasteiger partial charge in [-0.15, -0.1) is 0 Å². The van der Waals surface area contributed by atoms with E-state index in [9.17, 15) is 9.59 Å². The standard InChI is InChI=1S/C17H15ClN4O2/c1-9(21-13-4-2-3-10(6-13)15(19)23)14-7-11-5-12(18)8-20-16(11)22-17(14)24/h2-9,21H,1H3,(H2,19,23)(H,20,22,24)/t9-/m0/s1. The molecule has 122 valence electrons. The van der Waals surface area contributed by atoms with E-state index in [-0.39, 0.29) is 11.6 Å². The molecule has 0 fully saturated rings. The molecule has 0 saturated heterocycles. The SMILES string of the molecule is C[C@H](Nc1cccc(C(N)=O)c1)c1cc2cc(Cl)cnc2[nH]c1=O. The molecule has 0 unspecified atom stereocenters. The second-order valence-corrected chi connectivity index (χ2v) is 5.89. The predicted molar refractivity (Wildman–Crippen MR) is 94.4 cm³/mol. The summed E-state index contributed by atoms with van der Waals surface area (Å²) in [6.45, 7) is 1.85. The molecule has 0 aliphatic carbocycles. The number of hydrogen-bond donors (Lipinski definition) is 3. The Balaban J connectivity index is 1.95. The van der Waals surface area contributed by atoms with Crippen LogP contribution >= 0.6 is 11.6 Å². The van der Waals surface area contributed by atoms with E-state index in [4.69, 9.17) is 17.3 Å². The van der Waals surface area contributed by atoms with E-state index in [1.807, 2.05) is 6.92 Å². The second-order valence-electron chi connectivity index (χ2n) is 5.46. The fraction of sp³-hybridized carbons (Fsp3) is 0.118. The molecule has 1 atom stereocenters. The number of primary amides is 1. The van der Waals surface area contributed by atoms with Gasteiger partial charge >= 0.3 is 0 Å². The normalized spacial score (nSPS) is 12.1. The number of carbonyl (C=O) groups excluding carboxylic acids is 1. The zero-order chi connectivity index (χ0) is 17.3. The minimum atomic E-state index is -0.504. The molecule has 0 spiro atoms. The van der Waals surface area contributed by atoms with E-state index in [1.54, 1.807) is 36.4 Å². The third-order valence-corrected chi connectivity index (χ3v) is 3.89. The lowest BCUT2D eigenvalue weighted by atomic mass is 10.1. The van der Waals surface area contributed by atoms with Gasteiger partial charge in [0.2, 0.25) is 5.91 Å². The molecule has 1 aromatic carbocycles. The maximum atomic E-state index is 12.3. The van der Waals surface area contributed by atoms with E-state index in [0.717, 1.165) is 5.39 Å². The third kappa shape index (κ3) is 3.23. The molecule has 4 N–H and O–H groups in total. The number of aromatic amines is 1. The smallest absolute Gasteiger partial charge is 0.254 e. The molecule has 0 radical (unpaired) electrons. The number of nitrogens with one attached hydrogen (secondary N) is 2. The van der Waals surface area contributed by atoms with Gasteiger partial charge in [-0.05, 0) is 37.3 Å². The summed E-state index contributed by atoms with van der Waals surface area (Å²) in [5.41, 5.74) is 7.17. The summed E-state index contributed by atoms with van der Waals surface area (Å²) in [6, 6.07) is 10.0. The lowest BCUT2D eigenvalue weighted by Crippen LogP contribution is -2.20. The molecule has 3 aromatic rings. The number of benzene rings is 1. The second kappa shape index (κ2) is 6.33. The molecule has 2 aromatic heterocycles. The number of rotatable bonds is 4. The molecule has 0 aliphatic heterocycles. The van der Waals surface area contributed by atoms with Gasteiger partial charge in [0.05, 0.1) is 11.1 Å². The average Bonchev–Trinajstić information content (AvgIpc) is 2.54. The van der Waals surface area contributed by atoms with Crippen molar-refractivity contribution in [3.05, 3.63) is 69.1 Å². The lowest BCUT2D eigenvalue weighted by Gasteiger charge is -2.16. The molecule has 6 nitrogen and oxygen atoms in total. The van der Waals surface area contributed by atoms with E-state index in [2.05, 4.69) is 15.3 Å². The van der Waals surface area contributed by atoms with Crippen molar-refractivity contribution in [1.82, 2.24) is 9.97 Å². The Labute approximate surface area is 142 Å². The van der Waals surface area contributed by atoms with E-state index in [1.165, 1.54) is 6.20 Å². The van der Waals surface area contributed by atoms with Crippen LogP contribution in [-0.4, -0.2) is 15.9 Å². The van der Waals surface area contributed by atoms with Gasteiger partial charge in [-0.25, -0.2) is 4.98 Å². The number of anilines is 1. The summed E-state index contributed by atoms with van der Waals surface area (Å²) < 4.78 is 0. The first-order chi connectivity index (χ1) is 11.4. The van der Waals surface area contributed by atoms with Crippen molar-refractivity contribution < 1.29 is 4.79 Å². The molecule has 0 bridgehead atoms. The molecular formula is C17H15ClN4O2. The highest BCUT2D eigenvalue weighted by molar-refractivity contribution is 6.31. The lowest BCUT2D eigenvalue weighted by molar-refractivity contribution is 0.100. The topological polar surface area (TPSA) is 101 Å². The van der Waals surface area contributed by atoms with Gasteiger partial charge in [-0.1, -0.05) is 17.7 Å². The molecule has 24 heavy (non-hydrogen) atoms. The van der Waals surface area contributed by atoms with Crippen LogP contribution in [0.4, 0.5) is 5.69 Å². The van der Waals surface area contributed by atoms with Gasteiger partial charge < -0.3 is 16.0 Å². The number of nitrogens with zero attached hydrogens (tertiary/aromatic N) is 1. The van der Waals surface area contributed by atoms with Gasteiger partial charge in [0.1, 0.15) is 5.65 Å². The van der Waals surface area contributed by atoms with E-state index >= 15 is 0 Å². The van der Waals surface area contributed by atoms with Crippen LogP contribution in [0, 0.1) is 0 Å².